The van der Waals surface area contributed by atoms with Gasteiger partial charge in [-0.2, -0.15) is 0 Å². The molecule has 2 aromatic rings. The number of unbranched alkanes of at least 4 members (excludes halogenated alkanes) is 12. The van der Waals surface area contributed by atoms with Crippen molar-refractivity contribution in [2.45, 2.75) is 135 Å². The number of isocyanates is 4. The Morgan fingerprint density at radius 3 is 0.796 bits per heavy atom. The first-order chi connectivity index (χ1) is 26.2. The number of rotatable bonds is 29. The monoisotopic (exact) mass is 756 g/mol. The first-order valence-corrected chi connectivity index (χ1v) is 18.3. The van der Waals surface area contributed by atoms with Gasteiger partial charge in [0.05, 0.1) is 19.6 Å². The number of aliphatic imine (C=N–C) groups is 3. The average molecular weight is 757 g/mol. The van der Waals surface area contributed by atoms with Gasteiger partial charge in [0, 0.05) is 32.7 Å². The predicted molar refractivity (Wildman–Crippen MR) is 195 cm³/mol. The van der Waals surface area contributed by atoms with Crippen LogP contribution in [0.2, 0.25) is 0 Å². The Morgan fingerprint density at radius 1 is 0.315 bits per heavy atom. The van der Waals surface area contributed by atoms with Gasteiger partial charge in [-0.05, 0) is 51.4 Å². The molecule has 0 radical (unpaired) electrons. The van der Waals surface area contributed by atoms with Crippen molar-refractivity contribution in [1.82, 2.24) is 27.5 Å². The highest BCUT2D eigenvalue weighted by Crippen LogP contribution is 2.05. The summed E-state index contributed by atoms with van der Waals surface area (Å²) < 4.78 is 5.14. The van der Waals surface area contributed by atoms with Gasteiger partial charge < -0.3 is 0 Å². The largest absolute Gasteiger partial charge is 0.358 e. The fourth-order valence-electron chi connectivity index (χ4n) is 5.86. The lowest BCUT2D eigenvalue weighted by molar-refractivity contribution is 0.408. The smallest absolute Gasteiger partial charge is 0.247 e. The number of hydrogen-bond donors (Lipinski definition) is 0. The molecule has 0 spiro atoms. The molecule has 0 saturated carbocycles. The molecule has 0 fully saturated rings. The fourth-order valence-corrected chi connectivity index (χ4v) is 5.86. The number of aromatic nitrogens is 6. The van der Waals surface area contributed by atoms with Crippen molar-refractivity contribution in [3.05, 3.63) is 62.9 Å². The van der Waals surface area contributed by atoms with Gasteiger partial charge in [0.2, 0.25) is 18.2 Å². The molecule has 2 rings (SSSR count). The zero-order chi connectivity index (χ0) is 39.6. The van der Waals surface area contributed by atoms with Gasteiger partial charge in [0.1, 0.15) is 0 Å². The molecule has 0 N–H and O–H groups in total. The Hall–Kier alpha value is -5.66. The highest BCUT2D eigenvalue weighted by atomic mass is 16.2. The van der Waals surface area contributed by atoms with Crippen LogP contribution in [0.25, 0.3) is 0 Å². The second kappa shape index (κ2) is 26.2. The summed E-state index contributed by atoms with van der Waals surface area (Å²) in [5, 5.41) is 3.19. The minimum absolute atomic E-state index is 0.0232. The molecule has 294 valence electrons. The summed E-state index contributed by atoms with van der Waals surface area (Å²) in [7, 11) is 0. The van der Waals surface area contributed by atoms with Crippen LogP contribution in [0.15, 0.2) is 48.8 Å². The van der Waals surface area contributed by atoms with Crippen molar-refractivity contribution < 1.29 is 19.2 Å². The molecule has 2 heterocycles. The van der Waals surface area contributed by atoms with Gasteiger partial charge in [-0.15, -0.1) is 4.68 Å². The van der Waals surface area contributed by atoms with Gasteiger partial charge in [-0.1, -0.05) is 56.5 Å². The van der Waals surface area contributed by atoms with E-state index in [9.17, 15) is 47.9 Å². The Bertz CT molecular complexity index is 2000. The standard InChI is InChI=1S/C34H48N10O10/c45-25-35-17-9-1-4-12-20-39-29(49)40(21-13-5-2-10-18-36-26-46)31(51)41(30(39)50)22-15-7-8-16-24-43-32(52)42(23-14-6-3-11-19-37-27-47)33(53)44(34(43)54)38-28-48/h1-24H2. The lowest BCUT2D eigenvalue weighted by atomic mass is 10.2. The quantitative estimate of drug-likeness (QED) is 0.0638. The molecule has 20 heteroatoms. The van der Waals surface area contributed by atoms with E-state index in [0.29, 0.717) is 114 Å². The van der Waals surface area contributed by atoms with Gasteiger partial charge in [-0.3, -0.25) is 0 Å². The number of carbonyl (C=O) groups excluding carboxylic acids is 4. The van der Waals surface area contributed by atoms with Gasteiger partial charge in [0.25, 0.3) is 6.08 Å². The van der Waals surface area contributed by atoms with Gasteiger partial charge in [0.15, 0.2) is 0 Å². The fraction of sp³-hybridized carbons (Fsp3) is 0.706. The third kappa shape index (κ3) is 14.4. The van der Waals surface area contributed by atoms with Crippen molar-refractivity contribution in [3.63, 3.8) is 0 Å². The van der Waals surface area contributed by atoms with E-state index >= 15 is 0 Å². The molecule has 0 atom stereocenters. The molecular formula is C34H48N10O10. The number of nitrogens with zero attached hydrogens (tertiary/aromatic N) is 10. The van der Waals surface area contributed by atoms with E-state index in [1.165, 1.54) is 18.2 Å². The molecule has 2 aromatic heterocycles. The van der Waals surface area contributed by atoms with Gasteiger partial charge in [-0.25, -0.2) is 85.8 Å². The predicted octanol–water partition coefficient (Wildman–Crippen LogP) is 0.705. The van der Waals surface area contributed by atoms with Crippen LogP contribution in [0.1, 0.15) is 103 Å². The van der Waals surface area contributed by atoms with Crippen LogP contribution < -0.4 is 34.1 Å². The maximum absolute atomic E-state index is 13.4. The van der Waals surface area contributed by atoms with Crippen LogP contribution in [0.3, 0.4) is 0 Å². The van der Waals surface area contributed by atoms with Crippen molar-refractivity contribution in [3.8, 4) is 0 Å². The minimum Gasteiger partial charge on any atom is -0.247 e. The topological polar surface area (TPSA) is 250 Å². The van der Waals surface area contributed by atoms with Crippen LogP contribution in [0.5, 0.6) is 0 Å². The molecule has 0 aliphatic carbocycles. The Labute approximate surface area is 308 Å². The van der Waals surface area contributed by atoms with E-state index < -0.39 is 34.1 Å². The molecule has 0 aliphatic rings. The van der Waals surface area contributed by atoms with E-state index in [1.54, 1.807) is 0 Å². The second-order valence-electron chi connectivity index (χ2n) is 12.5. The van der Waals surface area contributed by atoms with E-state index in [-0.39, 0.29) is 32.7 Å². The highest BCUT2D eigenvalue weighted by molar-refractivity contribution is 5.33. The molecule has 20 nitrogen and oxygen atoms in total. The molecule has 54 heavy (non-hydrogen) atoms. The molecule has 0 saturated heterocycles. The van der Waals surface area contributed by atoms with Crippen LogP contribution in [-0.4, -0.2) is 71.5 Å². The molecule has 0 aromatic carbocycles. The Kier molecular flexibility index (Phi) is 21.6. The maximum Gasteiger partial charge on any atom is 0.358 e. The first kappa shape index (κ1) is 44.5. The lowest BCUT2D eigenvalue weighted by Gasteiger charge is -2.14. The highest BCUT2D eigenvalue weighted by Gasteiger charge is 2.17. The summed E-state index contributed by atoms with van der Waals surface area (Å²) in [6, 6.07) is 0. The molecule has 0 aliphatic heterocycles. The summed E-state index contributed by atoms with van der Waals surface area (Å²) in [5.41, 5.74) is -5.07. The summed E-state index contributed by atoms with van der Waals surface area (Å²) in [4.78, 5) is 131. The zero-order valence-electron chi connectivity index (χ0n) is 30.5. The summed E-state index contributed by atoms with van der Waals surface area (Å²) in [6.45, 7) is 1.15. The van der Waals surface area contributed by atoms with Crippen molar-refractivity contribution >= 4 is 24.3 Å². The van der Waals surface area contributed by atoms with Crippen molar-refractivity contribution in [1.29, 1.82) is 0 Å². The lowest BCUT2D eigenvalue weighted by Crippen LogP contribution is -2.54. The third-order valence-electron chi connectivity index (χ3n) is 8.72. The minimum atomic E-state index is -1.07. The van der Waals surface area contributed by atoms with E-state index in [2.05, 4.69) is 20.1 Å². The second-order valence-corrected chi connectivity index (χ2v) is 12.5. The van der Waals surface area contributed by atoms with Crippen LogP contribution in [0, 0.1) is 0 Å². The molecule has 0 unspecified atom stereocenters. The van der Waals surface area contributed by atoms with Gasteiger partial charge >= 0.3 is 34.1 Å². The van der Waals surface area contributed by atoms with Crippen LogP contribution in [0.4, 0.5) is 0 Å². The third-order valence-corrected chi connectivity index (χ3v) is 8.72. The summed E-state index contributed by atoms with van der Waals surface area (Å²) in [6.07, 6.45) is 14.7. The zero-order valence-corrected chi connectivity index (χ0v) is 30.5. The van der Waals surface area contributed by atoms with E-state index in [0.717, 1.165) is 41.8 Å². The average Bonchev–Trinajstić information content (AvgIpc) is 3.16. The first-order valence-electron chi connectivity index (χ1n) is 18.3. The SMILES string of the molecule is O=C=NCCCCCCn1c(=O)n(CCCCCCN=C=O)c(=O)n(CCCCCCn2c(=O)n(CCCCCCN=C=O)c(=O)n(N=C=O)c2=O)c1=O. The maximum atomic E-state index is 13.4. The number of hydrogen-bond acceptors (Lipinski definition) is 14. The summed E-state index contributed by atoms with van der Waals surface area (Å²) in [5.74, 6) is 0. The van der Waals surface area contributed by atoms with E-state index in [1.807, 2.05) is 0 Å². The normalized spacial score (nSPS) is 10.6. The molecule has 0 amide bonds. The molecular weight excluding hydrogens is 708 g/mol. The van der Waals surface area contributed by atoms with Crippen molar-refractivity contribution in [2.75, 3.05) is 19.6 Å². The van der Waals surface area contributed by atoms with Crippen LogP contribution >= 0.6 is 0 Å². The van der Waals surface area contributed by atoms with Crippen LogP contribution in [-0.2, 0) is 51.9 Å². The van der Waals surface area contributed by atoms with E-state index in [4.69, 9.17) is 0 Å². The molecule has 0 bridgehead atoms. The van der Waals surface area contributed by atoms with Crippen molar-refractivity contribution in [2.24, 2.45) is 20.1 Å². The Balaban J connectivity index is 2.13. The Morgan fingerprint density at radius 2 is 0.556 bits per heavy atom. The summed E-state index contributed by atoms with van der Waals surface area (Å²) >= 11 is 0.